The van der Waals surface area contributed by atoms with E-state index in [2.05, 4.69) is 15.6 Å². The summed E-state index contributed by atoms with van der Waals surface area (Å²) in [6.45, 7) is 1.62. The van der Waals surface area contributed by atoms with E-state index >= 15 is 0 Å². The minimum Gasteiger partial charge on any atom is -0.382 e. The number of benzene rings is 2. The summed E-state index contributed by atoms with van der Waals surface area (Å²) >= 11 is 0. The number of methoxy groups -OCH3 is 1. The summed E-state index contributed by atoms with van der Waals surface area (Å²) in [6.07, 6.45) is 0.356. The van der Waals surface area contributed by atoms with Crippen molar-refractivity contribution in [1.29, 1.82) is 0 Å². The van der Waals surface area contributed by atoms with Crippen molar-refractivity contribution in [3.8, 4) is 0 Å². The highest BCUT2D eigenvalue weighted by atomic mass is 16.5. The second-order valence-electron chi connectivity index (χ2n) is 6.70. The van der Waals surface area contributed by atoms with Gasteiger partial charge in [-0.3, -0.25) is 9.59 Å². The van der Waals surface area contributed by atoms with Crippen molar-refractivity contribution in [3.63, 3.8) is 0 Å². The third-order valence-electron chi connectivity index (χ3n) is 4.27. The van der Waals surface area contributed by atoms with Gasteiger partial charge < -0.3 is 31.6 Å². The van der Waals surface area contributed by atoms with E-state index in [0.717, 1.165) is 5.56 Å². The van der Waals surface area contributed by atoms with Crippen molar-refractivity contribution in [1.82, 2.24) is 10.6 Å². The molecule has 0 radical (unpaired) electrons. The quantitative estimate of drug-likeness (QED) is 0.223. The van der Waals surface area contributed by atoms with Crippen molar-refractivity contribution >= 4 is 23.5 Å². The van der Waals surface area contributed by atoms with Gasteiger partial charge in [-0.15, -0.1) is 0 Å². The van der Waals surface area contributed by atoms with Crippen molar-refractivity contribution < 1.29 is 19.1 Å². The molecule has 0 spiro atoms. The minimum atomic E-state index is -0.744. The smallest absolute Gasteiger partial charge is 0.251 e. The molecule has 0 aliphatic heterocycles. The monoisotopic (exact) mass is 427 g/mol. The van der Waals surface area contributed by atoms with Crippen LogP contribution in [0.15, 0.2) is 59.6 Å². The summed E-state index contributed by atoms with van der Waals surface area (Å²) in [4.78, 5) is 29.4. The molecule has 0 saturated carbocycles. The number of guanidine groups is 1. The fraction of sp³-hybridized carbons (Fsp3) is 0.318. The van der Waals surface area contributed by atoms with Gasteiger partial charge in [-0.1, -0.05) is 30.3 Å². The molecule has 9 nitrogen and oxygen atoms in total. The molecular weight excluding hydrogens is 398 g/mol. The van der Waals surface area contributed by atoms with Crippen LogP contribution in [0.4, 0.5) is 5.69 Å². The highest BCUT2D eigenvalue weighted by Crippen LogP contribution is 2.13. The molecule has 0 saturated heterocycles. The molecule has 2 amide bonds. The molecule has 31 heavy (non-hydrogen) atoms. The van der Waals surface area contributed by atoms with E-state index in [1.807, 2.05) is 30.3 Å². The van der Waals surface area contributed by atoms with E-state index in [4.69, 9.17) is 20.9 Å². The van der Waals surface area contributed by atoms with Crippen molar-refractivity contribution in [2.45, 2.75) is 12.5 Å². The molecule has 0 aromatic heterocycles. The third kappa shape index (κ3) is 8.85. The van der Waals surface area contributed by atoms with Crippen LogP contribution in [0.5, 0.6) is 0 Å². The molecule has 0 aliphatic carbocycles. The molecule has 9 heteroatoms. The first-order chi connectivity index (χ1) is 15.0. The van der Waals surface area contributed by atoms with Crippen LogP contribution in [0.3, 0.4) is 0 Å². The zero-order chi connectivity index (χ0) is 22.5. The maximum atomic E-state index is 12.7. The number of rotatable bonds is 12. The largest absolute Gasteiger partial charge is 0.382 e. The molecule has 2 aromatic rings. The lowest BCUT2D eigenvalue weighted by atomic mass is 10.0. The standard InChI is InChI=1S/C22H29N5O4/c1-30-13-14-31-12-11-25-21(29)19(15-16-5-3-2-4-6-16)27-20(28)17-7-9-18(10-8-17)26-22(23)24/h2-10,19H,11-15H2,1H3,(H,25,29)(H,27,28)(H4,23,24,26)/t19-/m0/s1. The highest BCUT2D eigenvalue weighted by Gasteiger charge is 2.21. The summed E-state index contributed by atoms with van der Waals surface area (Å²) in [6, 6.07) is 15.2. The summed E-state index contributed by atoms with van der Waals surface area (Å²) in [5, 5.41) is 5.61. The molecule has 166 valence electrons. The molecule has 0 aliphatic rings. The van der Waals surface area contributed by atoms with Gasteiger partial charge >= 0.3 is 0 Å². The Labute approximate surface area is 181 Å². The number of amides is 2. The average molecular weight is 428 g/mol. The Kier molecular flexibility index (Phi) is 9.99. The molecule has 0 bridgehead atoms. The molecule has 0 heterocycles. The van der Waals surface area contributed by atoms with E-state index in [0.29, 0.717) is 44.0 Å². The van der Waals surface area contributed by atoms with E-state index in [1.165, 1.54) is 0 Å². The lowest BCUT2D eigenvalue weighted by Gasteiger charge is -2.19. The number of carbonyl (C=O) groups is 2. The predicted molar refractivity (Wildman–Crippen MR) is 119 cm³/mol. The van der Waals surface area contributed by atoms with Gasteiger partial charge in [0.25, 0.3) is 5.91 Å². The molecule has 6 N–H and O–H groups in total. The Morgan fingerprint density at radius 2 is 1.71 bits per heavy atom. The topological polar surface area (TPSA) is 141 Å². The van der Waals surface area contributed by atoms with Crippen molar-refractivity contribution in [2.24, 2.45) is 16.5 Å². The van der Waals surface area contributed by atoms with Crippen LogP contribution in [0.1, 0.15) is 15.9 Å². The van der Waals surface area contributed by atoms with Gasteiger partial charge in [-0.2, -0.15) is 0 Å². The van der Waals surface area contributed by atoms with Gasteiger partial charge in [0.1, 0.15) is 6.04 Å². The summed E-state index contributed by atoms with van der Waals surface area (Å²) in [5.41, 5.74) is 12.6. The number of nitrogens with two attached hydrogens (primary N) is 2. The highest BCUT2D eigenvalue weighted by molar-refractivity contribution is 5.98. The summed E-state index contributed by atoms with van der Waals surface area (Å²) in [7, 11) is 1.59. The molecule has 0 fully saturated rings. The van der Waals surface area contributed by atoms with Crippen LogP contribution in [0.25, 0.3) is 0 Å². The van der Waals surface area contributed by atoms with Gasteiger partial charge in [-0.05, 0) is 29.8 Å². The van der Waals surface area contributed by atoms with Crippen LogP contribution < -0.4 is 22.1 Å². The van der Waals surface area contributed by atoms with Crippen molar-refractivity contribution in [3.05, 3.63) is 65.7 Å². The van der Waals surface area contributed by atoms with Crippen LogP contribution in [0.2, 0.25) is 0 Å². The SMILES string of the molecule is COCCOCCNC(=O)[C@H](Cc1ccccc1)NC(=O)c1ccc(N=C(N)N)cc1. The van der Waals surface area contributed by atoms with Gasteiger partial charge in [0.15, 0.2) is 5.96 Å². The lowest BCUT2D eigenvalue weighted by Crippen LogP contribution is -2.48. The zero-order valence-electron chi connectivity index (χ0n) is 17.5. The Morgan fingerprint density at radius 3 is 2.35 bits per heavy atom. The van der Waals surface area contributed by atoms with Gasteiger partial charge in [0, 0.05) is 25.6 Å². The molecule has 1 atom stereocenters. The van der Waals surface area contributed by atoms with Gasteiger partial charge in [0.05, 0.1) is 25.5 Å². The number of nitrogens with zero attached hydrogens (tertiary/aromatic N) is 1. The number of nitrogens with one attached hydrogen (secondary N) is 2. The van der Waals surface area contributed by atoms with E-state index in [1.54, 1.807) is 31.4 Å². The van der Waals surface area contributed by atoms with Crippen LogP contribution in [-0.4, -0.2) is 57.3 Å². The number of aliphatic imine (C=N–C) groups is 1. The Balaban J connectivity index is 2.01. The second kappa shape index (κ2) is 13.0. The van der Waals surface area contributed by atoms with Gasteiger partial charge in [0.2, 0.25) is 5.91 Å². The number of ether oxygens (including phenoxy) is 2. The third-order valence-corrected chi connectivity index (χ3v) is 4.27. The second-order valence-corrected chi connectivity index (χ2v) is 6.70. The van der Waals surface area contributed by atoms with Gasteiger partial charge in [-0.25, -0.2) is 4.99 Å². The van der Waals surface area contributed by atoms with E-state index in [9.17, 15) is 9.59 Å². The van der Waals surface area contributed by atoms with E-state index < -0.39 is 6.04 Å². The van der Waals surface area contributed by atoms with Crippen LogP contribution in [0, 0.1) is 0 Å². The van der Waals surface area contributed by atoms with E-state index in [-0.39, 0.29) is 17.8 Å². The Bertz CT molecular complexity index is 852. The van der Waals surface area contributed by atoms with Crippen LogP contribution in [-0.2, 0) is 20.7 Å². The predicted octanol–water partition coefficient (Wildman–Crippen LogP) is 0.712. The maximum absolute atomic E-state index is 12.7. The molecule has 2 rings (SSSR count). The summed E-state index contributed by atoms with van der Waals surface area (Å²) < 4.78 is 10.3. The average Bonchev–Trinajstić information content (AvgIpc) is 2.76. The summed E-state index contributed by atoms with van der Waals surface area (Å²) in [5.74, 6) is -0.726. The molecule has 2 aromatic carbocycles. The number of hydrogen-bond acceptors (Lipinski definition) is 5. The fourth-order valence-corrected chi connectivity index (χ4v) is 2.75. The normalized spacial score (nSPS) is 11.4. The zero-order valence-corrected chi connectivity index (χ0v) is 17.5. The number of hydrogen-bond donors (Lipinski definition) is 4. The van der Waals surface area contributed by atoms with Crippen molar-refractivity contribution in [2.75, 3.05) is 33.5 Å². The van der Waals surface area contributed by atoms with Crippen LogP contribution >= 0.6 is 0 Å². The molecular formula is C22H29N5O4. The fourth-order valence-electron chi connectivity index (χ4n) is 2.75. The first-order valence-corrected chi connectivity index (χ1v) is 9.88. The maximum Gasteiger partial charge on any atom is 0.251 e. The lowest BCUT2D eigenvalue weighted by molar-refractivity contribution is -0.123. The first-order valence-electron chi connectivity index (χ1n) is 9.88. The molecule has 0 unspecified atom stereocenters. The Hall–Kier alpha value is -3.43. The Morgan fingerprint density at radius 1 is 1.00 bits per heavy atom. The minimum absolute atomic E-state index is 0.0667. The number of carbonyl (C=O) groups excluding carboxylic acids is 2. The first kappa shape index (κ1) is 23.8.